The molecule has 0 heterocycles. The van der Waals surface area contributed by atoms with Gasteiger partial charge in [-0.2, -0.15) is 0 Å². The lowest BCUT2D eigenvalue weighted by Crippen LogP contribution is -2.22. The largest absolute Gasteiger partial charge is 0.465 e. The minimum atomic E-state index is -0.709. The van der Waals surface area contributed by atoms with Crippen molar-refractivity contribution in [1.82, 2.24) is 0 Å². The van der Waals surface area contributed by atoms with Crippen molar-refractivity contribution in [3.63, 3.8) is 0 Å². The predicted octanol–water partition coefficient (Wildman–Crippen LogP) is 2.69. The molecular formula is C11H11Cl2NO3. The van der Waals surface area contributed by atoms with E-state index in [1.54, 1.807) is 0 Å². The molecule has 1 atom stereocenters. The summed E-state index contributed by atoms with van der Waals surface area (Å²) in [7, 11) is 1.26. The number of benzene rings is 1. The maximum absolute atomic E-state index is 11.4. The number of alkyl halides is 1. The van der Waals surface area contributed by atoms with Gasteiger partial charge in [0.25, 0.3) is 0 Å². The number of carbonyl (C=O) groups excluding carboxylic acids is 2. The maximum Gasteiger partial charge on any atom is 0.339 e. The first-order valence-corrected chi connectivity index (χ1v) is 5.60. The first kappa shape index (κ1) is 13.8. The molecule has 1 amide bonds. The smallest absolute Gasteiger partial charge is 0.339 e. The lowest BCUT2D eigenvalue weighted by molar-refractivity contribution is -0.115. The lowest BCUT2D eigenvalue weighted by atomic mass is 10.1. The Morgan fingerprint density at radius 1 is 1.41 bits per heavy atom. The summed E-state index contributed by atoms with van der Waals surface area (Å²) in [6, 6.07) is 4.47. The Morgan fingerprint density at radius 2 is 2.06 bits per heavy atom. The second-order valence-electron chi connectivity index (χ2n) is 3.29. The fourth-order valence-corrected chi connectivity index (χ4v) is 1.37. The van der Waals surface area contributed by atoms with Crippen LogP contribution >= 0.6 is 23.2 Å². The summed E-state index contributed by atoms with van der Waals surface area (Å²) < 4.78 is 4.59. The van der Waals surface area contributed by atoms with Gasteiger partial charge < -0.3 is 10.1 Å². The summed E-state index contributed by atoms with van der Waals surface area (Å²) in [4.78, 5) is 22.9. The van der Waals surface area contributed by atoms with E-state index in [9.17, 15) is 9.59 Å². The quantitative estimate of drug-likeness (QED) is 0.682. The topological polar surface area (TPSA) is 55.4 Å². The highest BCUT2D eigenvalue weighted by Gasteiger charge is 2.16. The van der Waals surface area contributed by atoms with Gasteiger partial charge in [0, 0.05) is 5.02 Å². The van der Waals surface area contributed by atoms with E-state index < -0.39 is 17.3 Å². The van der Waals surface area contributed by atoms with Crippen molar-refractivity contribution in [3.8, 4) is 0 Å². The van der Waals surface area contributed by atoms with Crippen molar-refractivity contribution < 1.29 is 14.3 Å². The SMILES string of the molecule is COC(=O)c1ccc(Cl)cc1NC(=O)C(C)Cl. The van der Waals surface area contributed by atoms with Gasteiger partial charge in [0.05, 0.1) is 18.4 Å². The first-order valence-electron chi connectivity index (χ1n) is 4.78. The molecule has 17 heavy (non-hydrogen) atoms. The van der Waals surface area contributed by atoms with Crippen molar-refractivity contribution in [2.24, 2.45) is 0 Å². The van der Waals surface area contributed by atoms with Crippen LogP contribution in [0.1, 0.15) is 17.3 Å². The molecular weight excluding hydrogens is 265 g/mol. The number of methoxy groups -OCH3 is 1. The fourth-order valence-electron chi connectivity index (χ4n) is 1.14. The highest BCUT2D eigenvalue weighted by Crippen LogP contribution is 2.22. The zero-order valence-electron chi connectivity index (χ0n) is 9.29. The highest BCUT2D eigenvalue weighted by molar-refractivity contribution is 6.33. The molecule has 0 fully saturated rings. The second kappa shape index (κ2) is 5.89. The zero-order valence-corrected chi connectivity index (χ0v) is 10.8. The molecule has 0 spiro atoms. The van der Waals surface area contributed by atoms with Crippen molar-refractivity contribution in [2.45, 2.75) is 12.3 Å². The van der Waals surface area contributed by atoms with Crippen LogP contribution in [0.15, 0.2) is 18.2 Å². The Kier molecular flexibility index (Phi) is 4.78. The van der Waals surface area contributed by atoms with Crippen molar-refractivity contribution in [1.29, 1.82) is 0 Å². The molecule has 0 saturated heterocycles. The number of carbonyl (C=O) groups is 2. The maximum atomic E-state index is 11.4. The Morgan fingerprint density at radius 3 is 2.59 bits per heavy atom. The number of rotatable bonds is 3. The normalized spacial score (nSPS) is 11.8. The van der Waals surface area contributed by atoms with Crippen LogP contribution in [0.4, 0.5) is 5.69 Å². The van der Waals surface area contributed by atoms with E-state index in [1.165, 1.54) is 32.2 Å². The molecule has 0 aliphatic carbocycles. The van der Waals surface area contributed by atoms with Crippen molar-refractivity contribution in [3.05, 3.63) is 28.8 Å². The summed E-state index contributed by atoms with van der Waals surface area (Å²) in [6.07, 6.45) is 0. The number of halogens is 2. The van der Waals surface area contributed by atoms with Gasteiger partial charge >= 0.3 is 5.97 Å². The van der Waals surface area contributed by atoms with E-state index in [0.29, 0.717) is 5.02 Å². The fraction of sp³-hybridized carbons (Fsp3) is 0.273. The lowest BCUT2D eigenvalue weighted by Gasteiger charge is -2.11. The van der Waals surface area contributed by atoms with E-state index in [0.717, 1.165) is 0 Å². The summed E-state index contributed by atoms with van der Waals surface area (Å²) in [6.45, 7) is 1.53. The highest BCUT2D eigenvalue weighted by atomic mass is 35.5. The monoisotopic (exact) mass is 275 g/mol. The minimum Gasteiger partial charge on any atom is -0.465 e. The number of nitrogens with one attached hydrogen (secondary N) is 1. The van der Waals surface area contributed by atoms with Gasteiger partial charge in [0.1, 0.15) is 5.38 Å². The number of esters is 1. The molecule has 0 bridgehead atoms. The second-order valence-corrected chi connectivity index (χ2v) is 4.38. The van der Waals surface area contributed by atoms with E-state index in [4.69, 9.17) is 23.2 Å². The summed E-state index contributed by atoms with van der Waals surface area (Å²) in [5.74, 6) is -0.974. The van der Waals surface area contributed by atoms with Crippen LogP contribution in [-0.2, 0) is 9.53 Å². The van der Waals surface area contributed by atoms with E-state index in [1.807, 2.05) is 0 Å². The minimum absolute atomic E-state index is 0.225. The third-order valence-corrected chi connectivity index (χ3v) is 2.44. The summed E-state index contributed by atoms with van der Waals surface area (Å²) in [5.41, 5.74) is 0.504. The molecule has 6 heteroatoms. The Hall–Kier alpha value is -1.26. The third-order valence-electron chi connectivity index (χ3n) is 2.01. The average Bonchev–Trinajstić information content (AvgIpc) is 2.28. The Labute approximate surface area is 109 Å². The van der Waals surface area contributed by atoms with Crippen molar-refractivity contribution >= 4 is 40.8 Å². The third kappa shape index (κ3) is 3.61. The molecule has 1 unspecified atom stereocenters. The van der Waals surface area contributed by atoms with Crippen LogP contribution in [0.25, 0.3) is 0 Å². The predicted molar refractivity (Wildman–Crippen MR) is 66.7 cm³/mol. The molecule has 1 N–H and O–H groups in total. The van der Waals surface area contributed by atoms with Crippen LogP contribution in [-0.4, -0.2) is 24.4 Å². The van der Waals surface area contributed by atoms with Crippen LogP contribution < -0.4 is 5.32 Å². The molecule has 4 nitrogen and oxygen atoms in total. The van der Waals surface area contributed by atoms with E-state index in [-0.39, 0.29) is 11.3 Å². The molecule has 0 radical (unpaired) electrons. The van der Waals surface area contributed by atoms with Gasteiger partial charge in [0.15, 0.2) is 0 Å². The van der Waals surface area contributed by atoms with Gasteiger partial charge in [-0.3, -0.25) is 4.79 Å². The molecule has 1 aromatic rings. The standard InChI is InChI=1S/C11H11Cl2NO3/c1-6(12)10(15)14-9-5-7(13)3-4-8(9)11(16)17-2/h3-6H,1-2H3,(H,14,15). The molecule has 0 aliphatic rings. The van der Waals surface area contributed by atoms with E-state index in [2.05, 4.69) is 10.1 Å². The summed E-state index contributed by atoms with van der Waals surface area (Å²) >= 11 is 11.4. The first-order chi connectivity index (χ1) is 7.95. The molecule has 92 valence electrons. The molecule has 1 rings (SSSR count). The van der Waals surface area contributed by atoms with Gasteiger partial charge in [0.2, 0.25) is 5.91 Å². The number of hydrogen-bond acceptors (Lipinski definition) is 3. The molecule has 0 aromatic heterocycles. The van der Waals surface area contributed by atoms with Gasteiger partial charge in [-0.15, -0.1) is 11.6 Å². The molecule has 0 saturated carbocycles. The number of ether oxygens (including phenoxy) is 1. The number of anilines is 1. The zero-order chi connectivity index (χ0) is 13.0. The van der Waals surface area contributed by atoms with Crippen molar-refractivity contribution in [2.75, 3.05) is 12.4 Å². The van der Waals surface area contributed by atoms with Crippen LogP contribution in [0, 0.1) is 0 Å². The number of hydrogen-bond donors (Lipinski definition) is 1. The average molecular weight is 276 g/mol. The van der Waals surface area contributed by atoms with Crippen LogP contribution in [0.5, 0.6) is 0 Å². The van der Waals surface area contributed by atoms with Gasteiger partial charge in [-0.25, -0.2) is 4.79 Å². The van der Waals surface area contributed by atoms with E-state index >= 15 is 0 Å². The Bertz CT molecular complexity index is 446. The van der Waals surface area contributed by atoms with Gasteiger partial charge in [-0.1, -0.05) is 11.6 Å². The number of amides is 1. The molecule has 1 aromatic carbocycles. The molecule has 0 aliphatic heterocycles. The van der Waals surface area contributed by atoms with Gasteiger partial charge in [-0.05, 0) is 25.1 Å². The van der Waals surface area contributed by atoms with Crippen LogP contribution in [0.3, 0.4) is 0 Å². The van der Waals surface area contributed by atoms with Crippen LogP contribution in [0.2, 0.25) is 5.02 Å². The summed E-state index contributed by atoms with van der Waals surface area (Å²) in [5, 5.41) is 2.20. The Balaban J connectivity index is 3.07.